The van der Waals surface area contributed by atoms with Crippen molar-refractivity contribution in [1.82, 2.24) is 4.90 Å². The van der Waals surface area contributed by atoms with E-state index in [0.29, 0.717) is 5.57 Å². The molecule has 0 saturated heterocycles. The minimum Gasteiger partial charge on any atom is -0.390 e. The molecule has 0 radical (unpaired) electrons. The summed E-state index contributed by atoms with van der Waals surface area (Å²) in [5, 5.41) is 8.69. The zero-order valence-corrected chi connectivity index (χ0v) is 10.3. The molecule has 15 heavy (non-hydrogen) atoms. The predicted octanol–water partition coefficient (Wildman–Crippen LogP) is 1.01. The number of hydrogen-bond acceptors (Lipinski definition) is 4. The Morgan fingerprint density at radius 3 is 2.13 bits per heavy atom. The van der Waals surface area contributed by atoms with Crippen LogP contribution in [0, 0.1) is 0 Å². The molecule has 4 nitrogen and oxygen atoms in total. The van der Waals surface area contributed by atoms with Gasteiger partial charge in [-0.05, 0) is 19.4 Å². The van der Waals surface area contributed by atoms with Gasteiger partial charge in [-0.25, -0.2) is 0 Å². The molecule has 0 aliphatic rings. The van der Waals surface area contributed by atoms with Crippen molar-refractivity contribution >= 4 is 22.8 Å². The van der Waals surface area contributed by atoms with Crippen LogP contribution >= 0.6 is 11.8 Å². The highest BCUT2D eigenvalue weighted by Gasteiger charge is 2.25. The van der Waals surface area contributed by atoms with Gasteiger partial charge in [-0.15, -0.1) is 0 Å². The lowest BCUT2D eigenvalue weighted by Crippen LogP contribution is -2.41. The highest BCUT2D eigenvalue weighted by atomic mass is 32.2. The van der Waals surface area contributed by atoms with Crippen LogP contribution in [0.15, 0.2) is 12.2 Å². The van der Waals surface area contributed by atoms with E-state index >= 15 is 0 Å². The van der Waals surface area contributed by atoms with Crippen molar-refractivity contribution in [2.45, 2.75) is 32.2 Å². The zero-order valence-electron chi connectivity index (χ0n) is 9.48. The Morgan fingerprint density at radius 2 is 1.87 bits per heavy atom. The summed E-state index contributed by atoms with van der Waals surface area (Å²) in [6, 6.07) is 0. The lowest BCUT2D eigenvalue weighted by molar-refractivity contribution is -0.129. The number of carbonyl (C=O) groups is 2. The van der Waals surface area contributed by atoms with Crippen LogP contribution in [0.5, 0.6) is 0 Å². The average molecular weight is 231 g/mol. The van der Waals surface area contributed by atoms with E-state index in [1.807, 2.05) is 0 Å². The molecular weight excluding hydrogens is 214 g/mol. The second kappa shape index (κ2) is 5.92. The molecule has 86 valence electrons. The number of aliphatic hydroxyl groups excluding tert-OH is 1. The fraction of sp³-hybridized carbons (Fsp3) is 0.600. The smallest absolute Gasteiger partial charge is 0.220 e. The van der Waals surface area contributed by atoms with E-state index in [1.54, 1.807) is 20.9 Å². The molecule has 0 bridgehead atoms. The zero-order chi connectivity index (χ0) is 12.2. The van der Waals surface area contributed by atoms with Crippen molar-refractivity contribution in [3.63, 3.8) is 0 Å². The molecule has 2 unspecified atom stereocenters. The summed E-state index contributed by atoms with van der Waals surface area (Å²) >= 11 is 0.914. The van der Waals surface area contributed by atoms with E-state index in [4.69, 9.17) is 0 Å². The van der Waals surface area contributed by atoms with Gasteiger partial charge >= 0.3 is 0 Å². The minimum absolute atomic E-state index is 0.192. The van der Waals surface area contributed by atoms with E-state index in [2.05, 4.69) is 6.58 Å². The fourth-order valence-corrected chi connectivity index (χ4v) is 1.81. The molecule has 0 rings (SSSR count). The van der Waals surface area contributed by atoms with Gasteiger partial charge in [0, 0.05) is 14.0 Å². The third-order valence-corrected chi connectivity index (χ3v) is 3.38. The Labute approximate surface area is 94.3 Å². The first-order chi connectivity index (χ1) is 6.77. The molecule has 5 heteroatoms. The first kappa shape index (κ1) is 14.2. The Hall–Kier alpha value is -0.810. The molecule has 0 aliphatic carbocycles. The maximum Gasteiger partial charge on any atom is 0.220 e. The van der Waals surface area contributed by atoms with Gasteiger partial charge in [0.15, 0.2) is 0 Å². The lowest BCUT2D eigenvalue weighted by Gasteiger charge is -2.28. The first-order valence-corrected chi connectivity index (χ1v) is 5.43. The molecular formula is C10H17NO3S. The molecule has 2 atom stereocenters. The van der Waals surface area contributed by atoms with Gasteiger partial charge in [0.05, 0.1) is 6.10 Å². The maximum absolute atomic E-state index is 11.4. The van der Waals surface area contributed by atoms with Crippen LogP contribution in [-0.2, 0) is 9.59 Å². The van der Waals surface area contributed by atoms with Gasteiger partial charge in [-0.3, -0.25) is 9.59 Å². The number of likely N-dealkylation sites (N-methyl/N-ethyl adjacent to an activating group) is 1. The Kier molecular flexibility index (Phi) is 5.60. The summed E-state index contributed by atoms with van der Waals surface area (Å²) in [5.41, 5.74) is 0.405. The van der Waals surface area contributed by atoms with Gasteiger partial charge in [-0.1, -0.05) is 18.3 Å². The van der Waals surface area contributed by atoms with E-state index in [9.17, 15) is 14.7 Å². The van der Waals surface area contributed by atoms with E-state index in [0.717, 1.165) is 11.8 Å². The van der Waals surface area contributed by atoms with Gasteiger partial charge in [0.1, 0.15) is 5.37 Å². The third kappa shape index (κ3) is 4.48. The summed E-state index contributed by atoms with van der Waals surface area (Å²) in [4.78, 5) is 23.9. The summed E-state index contributed by atoms with van der Waals surface area (Å²) in [6.07, 6.45) is -0.771. The van der Waals surface area contributed by atoms with Crippen LogP contribution in [0.4, 0.5) is 0 Å². The second-order valence-corrected chi connectivity index (χ2v) is 4.54. The van der Waals surface area contributed by atoms with Crippen molar-refractivity contribution in [2.24, 2.45) is 0 Å². The van der Waals surface area contributed by atoms with Crippen LogP contribution in [0.3, 0.4) is 0 Å². The van der Waals surface area contributed by atoms with Crippen LogP contribution in [0.1, 0.15) is 20.8 Å². The van der Waals surface area contributed by atoms with E-state index in [1.165, 1.54) is 11.8 Å². The largest absolute Gasteiger partial charge is 0.390 e. The number of hydrogen-bond donors (Lipinski definition) is 1. The van der Waals surface area contributed by atoms with E-state index in [-0.39, 0.29) is 11.0 Å². The molecule has 1 N–H and O–H groups in total. The Morgan fingerprint density at radius 1 is 1.40 bits per heavy atom. The van der Waals surface area contributed by atoms with Crippen LogP contribution < -0.4 is 0 Å². The summed E-state index contributed by atoms with van der Waals surface area (Å²) in [7, 11) is 1.55. The molecule has 0 aromatic rings. The molecule has 1 amide bonds. The van der Waals surface area contributed by atoms with Crippen molar-refractivity contribution in [3.8, 4) is 0 Å². The maximum atomic E-state index is 11.4. The first-order valence-electron chi connectivity index (χ1n) is 4.55. The molecule has 0 fully saturated rings. The van der Waals surface area contributed by atoms with Crippen molar-refractivity contribution in [1.29, 1.82) is 0 Å². The summed E-state index contributed by atoms with van der Waals surface area (Å²) in [5.74, 6) is -0.192. The van der Waals surface area contributed by atoms with Crippen LogP contribution in [0.2, 0.25) is 0 Å². The lowest BCUT2D eigenvalue weighted by atomic mass is 10.3. The highest BCUT2D eigenvalue weighted by Crippen LogP contribution is 2.21. The summed E-state index contributed by atoms with van der Waals surface area (Å²) < 4.78 is 0. The number of rotatable bonds is 4. The molecule has 0 heterocycles. The van der Waals surface area contributed by atoms with Crippen molar-refractivity contribution in [2.75, 3.05) is 7.05 Å². The fourth-order valence-electron chi connectivity index (χ4n) is 0.891. The van der Waals surface area contributed by atoms with Gasteiger partial charge in [-0.2, -0.15) is 0 Å². The standard InChI is InChI=1S/C10H17NO3S/c1-6(2)10(14)15-9(7(3)12)11(5)8(4)13/h7,9,12H,1H2,2-5H3. The molecule has 0 saturated carbocycles. The molecule has 0 spiro atoms. The molecule has 0 aliphatic heterocycles. The number of nitrogens with zero attached hydrogens (tertiary/aromatic N) is 1. The van der Waals surface area contributed by atoms with Crippen molar-refractivity contribution in [3.05, 3.63) is 12.2 Å². The topological polar surface area (TPSA) is 57.6 Å². The molecule has 0 aromatic carbocycles. The highest BCUT2D eigenvalue weighted by molar-refractivity contribution is 8.14. The van der Waals surface area contributed by atoms with Crippen LogP contribution in [-0.4, -0.2) is 39.6 Å². The predicted molar refractivity (Wildman–Crippen MR) is 61.3 cm³/mol. The monoisotopic (exact) mass is 231 g/mol. The Bertz CT molecular complexity index is 276. The summed E-state index contributed by atoms with van der Waals surface area (Å²) in [6.45, 7) is 8.05. The SMILES string of the molecule is C=C(C)C(=O)SC(C(C)O)N(C)C(C)=O. The number of aliphatic hydroxyl groups is 1. The quantitative estimate of drug-likeness (QED) is 0.579. The minimum atomic E-state index is -0.771. The van der Waals surface area contributed by atoms with E-state index < -0.39 is 11.5 Å². The average Bonchev–Trinajstić information content (AvgIpc) is 2.11. The van der Waals surface area contributed by atoms with Gasteiger partial charge < -0.3 is 10.0 Å². The number of thioether (sulfide) groups is 1. The number of carbonyl (C=O) groups excluding carboxylic acids is 2. The van der Waals surface area contributed by atoms with Gasteiger partial charge in [0.25, 0.3) is 0 Å². The second-order valence-electron chi connectivity index (χ2n) is 3.45. The van der Waals surface area contributed by atoms with Gasteiger partial charge in [0.2, 0.25) is 11.0 Å². The normalized spacial score (nSPS) is 14.2. The Balaban J connectivity index is 4.62. The third-order valence-electron chi connectivity index (χ3n) is 1.87. The van der Waals surface area contributed by atoms with Crippen molar-refractivity contribution < 1.29 is 14.7 Å². The van der Waals surface area contributed by atoms with Crippen LogP contribution in [0.25, 0.3) is 0 Å². The molecule has 0 aromatic heterocycles. The number of amides is 1.